The summed E-state index contributed by atoms with van der Waals surface area (Å²) >= 11 is 0. The Bertz CT molecular complexity index is 355. The molecular weight excluding hydrogens is 206 g/mol. The number of hydrogen-bond acceptors (Lipinski definition) is 5. The minimum atomic E-state index is 0.0121. The van der Waals surface area contributed by atoms with Crippen LogP contribution in [0.25, 0.3) is 0 Å². The summed E-state index contributed by atoms with van der Waals surface area (Å²) in [5.41, 5.74) is 14.5. The molecule has 0 radical (unpaired) electrons. The molecule has 0 amide bonds. The first-order chi connectivity index (χ1) is 7.60. The fourth-order valence-corrected chi connectivity index (χ4v) is 1.62. The van der Waals surface area contributed by atoms with E-state index in [1.807, 2.05) is 6.92 Å². The van der Waals surface area contributed by atoms with E-state index in [-0.39, 0.29) is 6.61 Å². The smallest absolute Gasteiger partial charge is 0.0512 e. The zero-order valence-electron chi connectivity index (χ0n) is 9.48. The van der Waals surface area contributed by atoms with Crippen LogP contribution in [0.3, 0.4) is 0 Å². The summed E-state index contributed by atoms with van der Waals surface area (Å²) in [6.07, 6.45) is 0.448. The van der Waals surface area contributed by atoms with Crippen LogP contribution in [0.5, 0.6) is 0 Å². The van der Waals surface area contributed by atoms with Gasteiger partial charge in [0.25, 0.3) is 0 Å². The zero-order valence-corrected chi connectivity index (χ0v) is 9.48. The highest BCUT2D eigenvalue weighted by molar-refractivity contribution is 5.62. The minimum absolute atomic E-state index is 0.0121. The van der Waals surface area contributed by atoms with Crippen LogP contribution in [0.4, 0.5) is 11.4 Å². The summed E-state index contributed by atoms with van der Waals surface area (Å²) in [5.74, 6) is 0. The van der Waals surface area contributed by atoms with Crippen LogP contribution in [-0.4, -0.2) is 28.5 Å². The van der Waals surface area contributed by atoms with E-state index in [0.717, 1.165) is 16.2 Å². The van der Waals surface area contributed by atoms with E-state index < -0.39 is 0 Å². The highest BCUT2D eigenvalue weighted by Gasteiger charge is 2.12. The Hall–Kier alpha value is -1.30. The van der Waals surface area contributed by atoms with Crippen molar-refractivity contribution in [3.05, 3.63) is 23.3 Å². The lowest BCUT2D eigenvalue weighted by molar-refractivity contribution is -0.0946. The van der Waals surface area contributed by atoms with Crippen LogP contribution >= 0.6 is 0 Å². The fraction of sp³-hybridized carbons (Fsp3) is 0.455. The quantitative estimate of drug-likeness (QED) is 0.434. The van der Waals surface area contributed by atoms with Gasteiger partial charge in [-0.3, -0.25) is 0 Å². The number of aliphatic hydroxyl groups excluding tert-OH is 1. The SMILES string of the molecule is CCN(O)Cc1c(N)ccc(N)c1CCO. The van der Waals surface area contributed by atoms with E-state index in [1.54, 1.807) is 12.1 Å². The Balaban J connectivity index is 3.07. The molecule has 0 heterocycles. The van der Waals surface area contributed by atoms with Crippen molar-refractivity contribution in [1.82, 2.24) is 5.06 Å². The van der Waals surface area contributed by atoms with E-state index in [4.69, 9.17) is 16.6 Å². The van der Waals surface area contributed by atoms with Crippen LogP contribution in [0, 0.1) is 0 Å². The Kier molecular flexibility index (Phi) is 4.54. The van der Waals surface area contributed by atoms with Gasteiger partial charge in [0.15, 0.2) is 0 Å². The molecule has 0 fully saturated rings. The molecule has 0 aliphatic carbocycles. The average Bonchev–Trinajstić information content (AvgIpc) is 2.28. The predicted octanol–water partition coefficient (Wildman–Crippen LogP) is 0.597. The summed E-state index contributed by atoms with van der Waals surface area (Å²) < 4.78 is 0. The van der Waals surface area contributed by atoms with Crippen molar-refractivity contribution in [3.8, 4) is 0 Å². The molecular formula is C11H19N3O2. The number of hydroxylamine groups is 2. The summed E-state index contributed by atoms with van der Waals surface area (Å²) in [6.45, 7) is 2.68. The van der Waals surface area contributed by atoms with E-state index in [1.165, 1.54) is 0 Å². The number of nitrogen functional groups attached to an aromatic ring is 2. The van der Waals surface area contributed by atoms with E-state index in [9.17, 15) is 5.21 Å². The maximum Gasteiger partial charge on any atom is 0.0512 e. The van der Waals surface area contributed by atoms with E-state index in [0.29, 0.717) is 30.9 Å². The van der Waals surface area contributed by atoms with Crippen molar-refractivity contribution in [2.45, 2.75) is 19.9 Å². The van der Waals surface area contributed by atoms with Gasteiger partial charge < -0.3 is 21.8 Å². The molecule has 16 heavy (non-hydrogen) atoms. The van der Waals surface area contributed by atoms with Crippen molar-refractivity contribution in [2.24, 2.45) is 0 Å². The largest absolute Gasteiger partial charge is 0.398 e. The van der Waals surface area contributed by atoms with Gasteiger partial charge in [-0.1, -0.05) is 6.92 Å². The molecule has 0 aromatic heterocycles. The average molecular weight is 225 g/mol. The number of hydrogen-bond donors (Lipinski definition) is 4. The molecule has 0 atom stereocenters. The van der Waals surface area contributed by atoms with Crippen molar-refractivity contribution in [3.63, 3.8) is 0 Å². The Morgan fingerprint density at radius 3 is 2.25 bits per heavy atom. The molecule has 5 heteroatoms. The Morgan fingerprint density at radius 2 is 1.75 bits per heavy atom. The third-order valence-corrected chi connectivity index (χ3v) is 2.57. The first-order valence-corrected chi connectivity index (χ1v) is 5.30. The normalized spacial score (nSPS) is 11.0. The minimum Gasteiger partial charge on any atom is -0.398 e. The van der Waals surface area contributed by atoms with Gasteiger partial charge in [0.2, 0.25) is 0 Å². The van der Waals surface area contributed by atoms with Crippen LogP contribution in [0.2, 0.25) is 0 Å². The molecule has 0 bridgehead atoms. The van der Waals surface area contributed by atoms with Gasteiger partial charge in [-0.15, -0.1) is 0 Å². The second-order valence-electron chi connectivity index (χ2n) is 3.66. The number of rotatable bonds is 5. The fourth-order valence-electron chi connectivity index (χ4n) is 1.62. The third-order valence-electron chi connectivity index (χ3n) is 2.57. The molecule has 1 aromatic rings. The first-order valence-electron chi connectivity index (χ1n) is 5.30. The predicted molar refractivity (Wildman–Crippen MR) is 63.9 cm³/mol. The second-order valence-corrected chi connectivity index (χ2v) is 3.66. The third kappa shape index (κ3) is 2.85. The number of nitrogens with two attached hydrogens (primary N) is 2. The summed E-state index contributed by atoms with van der Waals surface area (Å²) in [7, 11) is 0. The zero-order chi connectivity index (χ0) is 12.1. The highest BCUT2D eigenvalue weighted by Crippen LogP contribution is 2.24. The standard InChI is InChI=1S/C11H19N3O2/c1-2-14(16)7-9-8(5-6-15)10(12)3-4-11(9)13/h3-4,15-16H,2,5-7,12-13H2,1H3. The Morgan fingerprint density at radius 1 is 1.19 bits per heavy atom. The molecule has 0 saturated heterocycles. The summed E-state index contributed by atoms with van der Waals surface area (Å²) in [6, 6.07) is 3.44. The van der Waals surface area contributed by atoms with Gasteiger partial charge in [0, 0.05) is 24.5 Å². The lowest BCUT2D eigenvalue weighted by atomic mass is 10.0. The monoisotopic (exact) mass is 225 g/mol. The molecule has 0 aliphatic heterocycles. The molecule has 1 rings (SSSR count). The van der Waals surface area contributed by atoms with Gasteiger partial charge >= 0.3 is 0 Å². The van der Waals surface area contributed by atoms with Crippen molar-refractivity contribution in [2.75, 3.05) is 24.6 Å². The molecule has 5 nitrogen and oxygen atoms in total. The summed E-state index contributed by atoms with van der Waals surface area (Å²) in [4.78, 5) is 0. The number of nitrogens with zero attached hydrogens (tertiary/aromatic N) is 1. The van der Waals surface area contributed by atoms with Gasteiger partial charge in [0.05, 0.1) is 6.54 Å². The maximum atomic E-state index is 9.49. The van der Waals surface area contributed by atoms with Crippen molar-refractivity contribution in [1.29, 1.82) is 0 Å². The molecule has 0 saturated carbocycles. The first kappa shape index (κ1) is 12.8. The molecule has 0 aliphatic rings. The molecule has 0 unspecified atom stereocenters. The van der Waals surface area contributed by atoms with Crippen LogP contribution < -0.4 is 11.5 Å². The lowest BCUT2D eigenvalue weighted by Crippen LogP contribution is -2.20. The molecule has 6 N–H and O–H groups in total. The number of anilines is 2. The molecule has 1 aromatic carbocycles. The van der Waals surface area contributed by atoms with E-state index in [2.05, 4.69) is 0 Å². The van der Waals surface area contributed by atoms with Gasteiger partial charge in [-0.05, 0) is 29.7 Å². The van der Waals surface area contributed by atoms with Gasteiger partial charge in [-0.25, -0.2) is 0 Å². The van der Waals surface area contributed by atoms with E-state index >= 15 is 0 Å². The van der Waals surface area contributed by atoms with Crippen molar-refractivity contribution >= 4 is 11.4 Å². The maximum absolute atomic E-state index is 9.49. The lowest BCUT2D eigenvalue weighted by Gasteiger charge is -2.18. The Labute approximate surface area is 95.2 Å². The van der Waals surface area contributed by atoms with Crippen LogP contribution in [0.15, 0.2) is 12.1 Å². The van der Waals surface area contributed by atoms with Crippen molar-refractivity contribution < 1.29 is 10.3 Å². The van der Waals surface area contributed by atoms with Crippen LogP contribution in [0.1, 0.15) is 18.1 Å². The highest BCUT2D eigenvalue weighted by atomic mass is 16.5. The van der Waals surface area contributed by atoms with Gasteiger partial charge in [0.1, 0.15) is 0 Å². The summed E-state index contributed by atoms with van der Waals surface area (Å²) in [5, 5.41) is 19.6. The molecule has 0 spiro atoms. The van der Waals surface area contributed by atoms with Crippen LogP contribution in [-0.2, 0) is 13.0 Å². The number of aliphatic hydroxyl groups is 1. The molecule has 90 valence electrons. The second kappa shape index (κ2) is 5.69. The topological polar surface area (TPSA) is 95.7 Å². The van der Waals surface area contributed by atoms with Gasteiger partial charge in [-0.2, -0.15) is 5.06 Å². The number of benzene rings is 1.